The van der Waals surface area contributed by atoms with E-state index in [0.29, 0.717) is 6.61 Å². The summed E-state index contributed by atoms with van der Waals surface area (Å²) in [6.07, 6.45) is 4.84. The van der Waals surface area contributed by atoms with Gasteiger partial charge >= 0.3 is 5.97 Å². The highest BCUT2D eigenvalue weighted by Crippen LogP contribution is 2.06. The first-order valence-corrected chi connectivity index (χ1v) is 7.47. The van der Waals surface area contributed by atoms with Crippen LogP contribution in [0.3, 0.4) is 0 Å². The van der Waals surface area contributed by atoms with E-state index >= 15 is 0 Å². The molecule has 0 saturated heterocycles. The highest BCUT2D eigenvalue weighted by atomic mass is 16.5. The summed E-state index contributed by atoms with van der Waals surface area (Å²) in [4.78, 5) is 16.1. The minimum absolute atomic E-state index is 0.307. The molecule has 0 fully saturated rings. The average molecular weight is 295 g/mol. The summed E-state index contributed by atoms with van der Waals surface area (Å²) < 4.78 is 5.19. The minimum atomic E-state index is -0.307. The van der Waals surface area contributed by atoms with Crippen LogP contribution in [0, 0.1) is 13.8 Å². The molecular formula is C19H21NO2. The molecule has 0 spiro atoms. The molecule has 3 nitrogen and oxygen atoms in total. The van der Waals surface area contributed by atoms with E-state index < -0.39 is 0 Å². The zero-order valence-corrected chi connectivity index (χ0v) is 13.1. The van der Waals surface area contributed by atoms with Crippen molar-refractivity contribution in [2.75, 3.05) is 6.61 Å². The third kappa shape index (κ3) is 5.52. The highest BCUT2D eigenvalue weighted by molar-refractivity contribution is 5.87. The Hall–Kier alpha value is -2.42. The number of rotatable bonds is 6. The molecule has 0 radical (unpaired) electrons. The molecule has 0 aliphatic rings. The zero-order valence-electron chi connectivity index (χ0n) is 13.1. The van der Waals surface area contributed by atoms with Crippen LogP contribution in [0.1, 0.15) is 28.9 Å². The second-order valence-electron chi connectivity index (χ2n) is 5.29. The first kappa shape index (κ1) is 16.0. The minimum Gasteiger partial charge on any atom is -0.463 e. The van der Waals surface area contributed by atoms with E-state index in [9.17, 15) is 4.79 Å². The maximum atomic E-state index is 11.6. The van der Waals surface area contributed by atoms with Gasteiger partial charge in [0.1, 0.15) is 0 Å². The second kappa shape index (κ2) is 8.13. The van der Waals surface area contributed by atoms with E-state index in [4.69, 9.17) is 4.74 Å². The van der Waals surface area contributed by atoms with Gasteiger partial charge in [0.05, 0.1) is 6.61 Å². The lowest BCUT2D eigenvalue weighted by Crippen LogP contribution is -2.04. The Morgan fingerprint density at radius 1 is 1.18 bits per heavy atom. The van der Waals surface area contributed by atoms with Crippen molar-refractivity contribution in [1.29, 1.82) is 0 Å². The molecule has 22 heavy (non-hydrogen) atoms. The van der Waals surface area contributed by atoms with E-state index in [-0.39, 0.29) is 5.97 Å². The van der Waals surface area contributed by atoms with Gasteiger partial charge in [-0.2, -0.15) is 0 Å². The van der Waals surface area contributed by atoms with Gasteiger partial charge in [-0.1, -0.05) is 35.9 Å². The quantitative estimate of drug-likeness (QED) is 0.461. The van der Waals surface area contributed by atoms with Crippen molar-refractivity contribution in [2.45, 2.75) is 26.7 Å². The van der Waals surface area contributed by atoms with Gasteiger partial charge in [-0.3, -0.25) is 4.98 Å². The Labute approximate surface area is 131 Å². The molecule has 1 aromatic heterocycles. The van der Waals surface area contributed by atoms with Crippen LogP contribution in [0.5, 0.6) is 0 Å². The molecule has 0 bridgehead atoms. The molecule has 0 aliphatic heterocycles. The van der Waals surface area contributed by atoms with Crippen molar-refractivity contribution in [1.82, 2.24) is 4.98 Å². The normalized spacial score (nSPS) is 10.8. The monoisotopic (exact) mass is 295 g/mol. The molecule has 0 unspecified atom stereocenters. The number of ether oxygens (including phenoxy) is 1. The maximum absolute atomic E-state index is 11.6. The Morgan fingerprint density at radius 2 is 2.00 bits per heavy atom. The molecule has 0 aliphatic carbocycles. The molecule has 2 rings (SSSR count). The van der Waals surface area contributed by atoms with Crippen molar-refractivity contribution >= 4 is 12.0 Å². The fraction of sp³-hybridized carbons (Fsp3) is 0.263. The summed E-state index contributed by atoms with van der Waals surface area (Å²) in [5.41, 5.74) is 4.21. The summed E-state index contributed by atoms with van der Waals surface area (Å²) in [5, 5.41) is 0. The van der Waals surface area contributed by atoms with Crippen molar-refractivity contribution in [3.8, 4) is 0 Å². The standard InChI is InChI=1S/C19H21NO2/c1-15-6-3-8-17(14-15)11-12-19(21)22-13-5-10-18-9-4-7-16(2)20-18/h3-4,6-9,11-12,14H,5,10,13H2,1-2H3/b12-11+. The fourth-order valence-corrected chi connectivity index (χ4v) is 2.15. The van der Waals surface area contributed by atoms with Crippen LogP contribution < -0.4 is 0 Å². The Bertz CT molecular complexity index is 662. The van der Waals surface area contributed by atoms with Crippen molar-refractivity contribution in [2.24, 2.45) is 0 Å². The number of nitrogens with zero attached hydrogens (tertiary/aromatic N) is 1. The molecule has 0 atom stereocenters. The number of esters is 1. The van der Waals surface area contributed by atoms with Crippen molar-refractivity contribution in [3.05, 3.63) is 71.1 Å². The summed E-state index contributed by atoms with van der Waals surface area (Å²) >= 11 is 0. The van der Waals surface area contributed by atoms with Crippen molar-refractivity contribution < 1.29 is 9.53 Å². The van der Waals surface area contributed by atoms with Crippen LogP contribution in [-0.4, -0.2) is 17.6 Å². The van der Waals surface area contributed by atoms with E-state index in [2.05, 4.69) is 4.98 Å². The predicted octanol–water partition coefficient (Wildman–Crippen LogP) is 3.89. The summed E-state index contributed by atoms with van der Waals surface area (Å²) in [6, 6.07) is 13.9. The highest BCUT2D eigenvalue weighted by Gasteiger charge is 1.99. The maximum Gasteiger partial charge on any atom is 0.330 e. The summed E-state index contributed by atoms with van der Waals surface area (Å²) in [6.45, 7) is 4.40. The summed E-state index contributed by atoms with van der Waals surface area (Å²) in [7, 11) is 0. The fourth-order valence-electron chi connectivity index (χ4n) is 2.15. The van der Waals surface area contributed by atoms with E-state index in [1.165, 1.54) is 11.6 Å². The number of carbonyl (C=O) groups is 1. The number of pyridine rings is 1. The van der Waals surface area contributed by atoms with Crippen LogP contribution in [0.2, 0.25) is 0 Å². The molecule has 0 saturated carbocycles. The predicted molar refractivity (Wildman–Crippen MR) is 88.5 cm³/mol. The van der Waals surface area contributed by atoms with E-state index in [1.807, 2.05) is 56.3 Å². The van der Waals surface area contributed by atoms with E-state index in [0.717, 1.165) is 29.8 Å². The third-order valence-corrected chi connectivity index (χ3v) is 3.22. The topological polar surface area (TPSA) is 39.2 Å². The first-order valence-electron chi connectivity index (χ1n) is 7.47. The van der Waals surface area contributed by atoms with Gasteiger partial charge in [-0.25, -0.2) is 4.79 Å². The average Bonchev–Trinajstić information content (AvgIpc) is 2.50. The number of hydrogen-bond acceptors (Lipinski definition) is 3. The van der Waals surface area contributed by atoms with Crippen molar-refractivity contribution in [3.63, 3.8) is 0 Å². The van der Waals surface area contributed by atoms with Crippen LogP contribution >= 0.6 is 0 Å². The zero-order chi connectivity index (χ0) is 15.8. The van der Waals surface area contributed by atoms with Gasteiger partial charge in [0.25, 0.3) is 0 Å². The lowest BCUT2D eigenvalue weighted by molar-refractivity contribution is -0.137. The molecule has 3 heteroatoms. The molecule has 0 N–H and O–H groups in total. The molecule has 1 aromatic carbocycles. The number of aryl methyl sites for hydroxylation is 3. The van der Waals surface area contributed by atoms with Gasteiger partial charge in [0, 0.05) is 17.5 Å². The van der Waals surface area contributed by atoms with Crippen LogP contribution in [0.25, 0.3) is 6.08 Å². The van der Waals surface area contributed by atoms with Crippen LogP contribution in [-0.2, 0) is 16.0 Å². The molecule has 0 amide bonds. The van der Waals surface area contributed by atoms with Gasteiger partial charge in [0.2, 0.25) is 0 Å². The Morgan fingerprint density at radius 3 is 2.77 bits per heavy atom. The lowest BCUT2D eigenvalue weighted by atomic mass is 10.1. The van der Waals surface area contributed by atoms with E-state index in [1.54, 1.807) is 6.08 Å². The largest absolute Gasteiger partial charge is 0.463 e. The number of carbonyl (C=O) groups excluding carboxylic acids is 1. The van der Waals surface area contributed by atoms with Crippen LogP contribution in [0.4, 0.5) is 0 Å². The number of benzene rings is 1. The van der Waals surface area contributed by atoms with Gasteiger partial charge < -0.3 is 4.74 Å². The number of aromatic nitrogens is 1. The second-order valence-corrected chi connectivity index (χ2v) is 5.29. The Kier molecular flexibility index (Phi) is 5.90. The Balaban J connectivity index is 1.72. The molecule has 114 valence electrons. The molecule has 2 aromatic rings. The summed E-state index contributed by atoms with van der Waals surface area (Å²) in [5.74, 6) is -0.307. The lowest BCUT2D eigenvalue weighted by Gasteiger charge is -2.03. The molecule has 1 heterocycles. The van der Waals surface area contributed by atoms with Gasteiger partial charge in [0.15, 0.2) is 0 Å². The van der Waals surface area contributed by atoms with Gasteiger partial charge in [-0.15, -0.1) is 0 Å². The number of hydrogen-bond donors (Lipinski definition) is 0. The molecular weight excluding hydrogens is 274 g/mol. The third-order valence-electron chi connectivity index (χ3n) is 3.22. The smallest absolute Gasteiger partial charge is 0.330 e. The first-order chi connectivity index (χ1) is 10.6. The SMILES string of the molecule is Cc1cccc(/C=C/C(=O)OCCCc2cccc(C)n2)c1. The van der Waals surface area contributed by atoms with Crippen LogP contribution in [0.15, 0.2) is 48.5 Å². The van der Waals surface area contributed by atoms with Gasteiger partial charge in [-0.05, 0) is 50.5 Å².